The van der Waals surface area contributed by atoms with Crippen LogP contribution in [0.5, 0.6) is 0 Å². The van der Waals surface area contributed by atoms with E-state index in [0.29, 0.717) is 0 Å². The fourth-order valence-electron chi connectivity index (χ4n) is 3.77. The van der Waals surface area contributed by atoms with E-state index in [4.69, 9.17) is 0 Å². The van der Waals surface area contributed by atoms with E-state index in [1.807, 2.05) is 6.08 Å². The van der Waals surface area contributed by atoms with Crippen LogP contribution >= 0.6 is 0 Å². The first-order valence-corrected chi connectivity index (χ1v) is 13.9. The van der Waals surface area contributed by atoms with Crippen molar-refractivity contribution in [3.8, 4) is 0 Å². The van der Waals surface area contributed by atoms with Crippen LogP contribution in [0.4, 0.5) is 0 Å². The van der Waals surface area contributed by atoms with E-state index in [2.05, 4.69) is 40.3 Å². The molecule has 0 aromatic rings. The standard InChI is InChI=1S/C29H46N4O6/c1-4-5-6-7-8-9-10-11-12-13-14-15-26(37)33-27(22(3)34)29(39)32-24-20-23(35)18-19-30-25(36)17-16-21(2)31-28(24)38/h8-9,12-17,21-24,27,34-35H,4-7,10-11,18-20H2,1-3H3,(H,30,36)(H,31,38)(H,32,39)(H,33,37)/b9-8+,13-12+,15-14+,17-16+/t21-,22?,23?,24?,27-/m0/s1. The first kappa shape index (κ1) is 33.8. The van der Waals surface area contributed by atoms with Crippen LogP contribution in [0.1, 0.15) is 72.1 Å². The Hall–Kier alpha value is -3.24. The van der Waals surface area contributed by atoms with Gasteiger partial charge in [0.1, 0.15) is 12.1 Å². The number of hydrogen-bond donors (Lipinski definition) is 6. The zero-order valence-corrected chi connectivity index (χ0v) is 23.4. The third-order valence-corrected chi connectivity index (χ3v) is 6.02. The van der Waals surface area contributed by atoms with Crippen LogP contribution in [0.25, 0.3) is 0 Å². The Morgan fingerprint density at radius 1 is 1.13 bits per heavy atom. The quantitative estimate of drug-likeness (QED) is 0.0893. The van der Waals surface area contributed by atoms with Gasteiger partial charge in [-0.2, -0.15) is 0 Å². The first-order chi connectivity index (χ1) is 18.6. The van der Waals surface area contributed by atoms with Gasteiger partial charge in [0, 0.05) is 31.2 Å². The Bertz CT molecular complexity index is 896. The second-order valence-electron chi connectivity index (χ2n) is 9.75. The highest BCUT2D eigenvalue weighted by Gasteiger charge is 2.31. The maximum atomic E-state index is 12.9. The van der Waals surface area contributed by atoms with E-state index in [1.54, 1.807) is 19.1 Å². The number of aliphatic hydroxyl groups is 2. The maximum Gasteiger partial charge on any atom is 0.245 e. The van der Waals surface area contributed by atoms with E-state index < -0.39 is 48.1 Å². The Balaban J connectivity index is 2.68. The zero-order chi connectivity index (χ0) is 29.0. The summed E-state index contributed by atoms with van der Waals surface area (Å²) < 4.78 is 0. The molecule has 0 saturated carbocycles. The number of carbonyl (C=O) groups excluding carboxylic acids is 4. The number of aliphatic hydroxyl groups excluding tert-OH is 2. The van der Waals surface area contributed by atoms with E-state index >= 15 is 0 Å². The Labute approximate surface area is 232 Å². The molecule has 0 aliphatic carbocycles. The molecule has 10 nitrogen and oxygen atoms in total. The monoisotopic (exact) mass is 546 g/mol. The largest absolute Gasteiger partial charge is 0.393 e. The summed E-state index contributed by atoms with van der Waals surface area (Å²) in [5.41, 5.74) is 0. The highest BCUT2D eigenvalue weighted by atomic mass is 16.3. The van der Waals surface area contributed by atoms with Crippen LogP contribution in [0.2, 0.25) is 0 Å². The van der Waals surface area contributed by atoms with Gasteiger partial charge in [0.15, 0.2) is 0 Å². The normalized spacial score (nSPS) is 23.5. The molecule has 39 heavy (non-hydrogen) atoms. The third kappa shape index (κ3) is 15.7. The summed E-state index contributed by atoms with van der Waals surface area (Å²) in [5, 5.41) is 30.8. The van der Waals surface area contributed by atoms with E-state index in [0.717, 1.165) is 19.3 Å². The second kappa shape index (κ2) is 19.8. The van der Waals surface area contributed by atoms with Crippen LogP contribution in [0.15, 0.2) is 48.6 Å². The molecular formula is C29H46N4O6. The number of allylic oxidation sites excluding steroid dienone is 5. The van der Waals surface area contributed by atoms with Crippen molar-refractivity contribution in [1.29, 1.82) is 0 Å². The Morgan fingerprint density at radius 3 is 2.56 bits per heavy atom. The number of amides is 4. The van der Waals surface area contributed by atoms with Gasteiger partial charge in [-0.15, -0.1) is 0 Å². The number of nitrogens with one attached hydrogen (secondary N) is 4. The van der Waals surface area contributed by atoms with Crippen LogP contribution < -0.4 is 21.3 Å². The van der Waals surface area contributed by atoms with Gasteiger partial charge in [-0.25, -0.2) is 0 Å². The van der Waals surface area contributed by atoms with Crippen molar-refractivity contribution < 1.29 is 29.4 Å². The highest BCUT2D eigenvalue weighted by Crippen LogP contribution is 2.07. The Kier molecular flexibility index (Phi) is 17.1. The molecule has 4 amide bonds. The minimum atomic E-state index is -1.31. The summed E-state index contributed by atoms with van der Waals surface area (Å²) >= 11 is 0. The van der Waals surface area contributed by atoms with Crippen LogP contribution in [0.3, 0.4) is 0 Å². The first-order valence-electron chi connectivity index (χ1n) is 13.9. The molecule has 0 aromatic heterocycles. The molecule has 0 spiro atoms. The molecule has 1 aliphatic heterocycles. The summed E-state index contributed by atoms with van der Waals surface area (Å²) in [5.74, 6) is -2.23. The fourth-order valence-corrected chi connectivity index (χ4v) is 3.77. The second-order valence-corrected chi connectivity index (χ2v) is 9.75. The number of carbonyl (C=O) groups is 4. The maximum absolute atomic E-state index is 12.9. The molecule has 0 bridgehead atoms. The van der Waals surface area contributed by atoms with Gasteiger partial charge in [0.05, 0.1) is 12.2 Å². The van der Waals surface area contributed by atoms with Crippen LogP contribution in [-0.4, -0.2) is 70.7 Å². The molecule has 1 rings (SSSR count). The lowest BCUT2D eigenvalue weighted by atomic mass is 10.0. The average Bonchev–Trinajstić information content (AvgIpc) is 2.88. The summed E-state index contributed by atoms with van der Waals surface area (Å²) in [7, 11) is 0. The lowest BCUT2D eigenvalue weighted by Crippen LogP contribution is -2.58. The lowest BCUT2D eigenvalue weighted by molar-refractivity contribution is -0.134. The van der Waals surface area contributed by atoms with Crippen molar-refractivity contribution in [2.45, 2.75) is 102 Å². The molecule has 1 heterocycles. The van der Waals surface area contributed by atoms with Crippen molar-refractivity contribution in [2.24, 2.45) is 0 Å². The van der Waals surface area contributed by atoms with Gasteiger partial charge < -0.3 is 31.5 Å². The van der Waals surface area contributed by atoms with Crippen LogP contribution in [0, 0.1) is 0 Å². The van der Waals surface area contributed by atoms with Crippen molar-refractivity contribution in [3.05, 3.63) is 48.6 Å². The van der Waals surface area contributed by atoms with E-state index in [1.165, 1.54) is 44.4 Å². The number of hydrogen-bond acceptors (Lipinski definition) is 6. The van der Waals surface area contributed by atoms with E-state index in [-0.39, 0.29) is 25.3 Å². The van der Waals surface area contributed by atoms with Crippen molar-refractivity contribution >= 4 is 23.6 Å². The van der Waals surface area contributed by atoms with Crippen molar-refractivity contribution in [1.82, 2.24) is 21.3 Å². The molecule has 1 aliphatic rings. The molecule has 0 saturated heterocycles. The molecule has 6 N–H and O–H groups in total. The molecule has 0 aromatic carbocycles. The topological polar surface area (TPSA) is 157 Å². The molecule has 10 heteroatoms. The summed E-state index contributed by atoms with van der Waals surface area (Å²) in [6.07, 6.45) is 18.0. The average molecular weight is 547 g/mol. The Morgan fingerprint density at radius 2 is 1.85 bits per heavy atom. The lowest BCUT2D eigenvalue weighted by Gasteiger charge is -2.26. The van der Waals surface area contributed by atoms with Gasteiger partial charge in [0.25, 0.3) is 0 Å². The fraction of sp³-hybridized carbons (Fsp3) is 0.586. The predicted molar refractivity (Wildman–Crippen MR) is 151 cm³/mol. The molecule has 0 fully saturated rings. The van der Waals surface area contributed by atoms with Crippen molar-refractivity contribution in [2.75, 3.05) is 6.54 Å². The highest BCUT2D eigenvalue weighted by molar-refractivity contribution is 5.95. The molecule has 5 atom stereocenters. The summed E-state index contributed by atoms with van der Waals surface area (Å²) in [4.78, 5) is 49.8. The minimum absolute atomic E-state index is 0.108. The predicted octanol–water partition coefficient (Wildman–Crippen LogP) is 1.70. The van der Waals surface area contributed by atoms with E-state index in [9.17, 15) is 29.4 Å². The molecule has 218 valence electrons. The minimum Gasteiger partial charge on any atom is -0.393 e. The third-order valence-electron chi connectivity index (χ3n) is 6.02. The molecule has 3 unspecified atom stereocenters. The van der Waals surface area contributed by atoms with Gasteiger partial charge in [-0.05, 0) is 46.0 Å². The van der Waals surface area contributed by atoms with Crippen molar-refractivity contribution in [3.63, 3.8) is 0 Å². The van der Waals surface area contributed by atoms with Gasteiger partial charge in [-0.1, -0.05) is 56.2 Å². The smallest absolute Gasteiger partial charge is 0.245 e. The SMILES string of the molecule is CCCCC/C=C/CC/C=C/C=C/C(=O)N[C@H](C(=O)NC1CC(O)CCNC(=O)/C=C/[C@H](C)NC1=O)C(C)O. The van der Waals surface area contributed by atoms with Gasteiger partial charge >= 0.3 is 0 Å². The number of unbranched alkanes of at least 4 members (excludes halogenated alkanes) is 4. The summed E-state index contributed by atoms with van der Waals surface area (Å²) in [6, 6.07) is -2.94. The zero-order valence-electron chi connectivity index (χ0n) is 23.4. The molecular weight excluding hydrogens is 500 g/mol. The van der Waals surface area contributed by atoms with Gasteiger partial charge in [0.2, 0.25) is 23.6 Å². The summed E-state index contributed by atoms with van der Waals surface area (Å²) in [6.45, 7) is 5.40. The molecule has 0 radical (unpaired) electrons. The number of rotatable bonds is 13. The van der Waals surface area contributed by atoms with Gasteiger partial charge in [-0.3, -0.25) is 19.2 Å². The van der Waals surface area contributed by atoms with Crippen LogP contribution in [-0.2, 0) is 19.2 Å².